The van der Waals surface area contributed by atoms with E-state index in [0.29, 0.717) is 55.5 Å². The number of hydrogen-bond acceptors (Lipinski definition) is 4. The van der Waals surface area contributed by atoms with Crippen molar-refractivity contribution >= 4 is 29.1 Å². The lowest BCUT2D eigenvalue weighted by Gasteiger charge is -2.10. The topological polar surface area (TPSA) is 76.7 Å². The maximum absolute atomic E-state index is 12.1. The van der Waals surface area contributed by atoms with Crippen molar-refractivity contribution in [2.75, 3.05) is 32.2 Å². The first-order valence-electron chi connectivity index (χ1n) is 9.08. The lowest BCUT2D eigenvalue weighted by molar-refractivity contribution is -0.116. The third-order valence-corrected chi connectivity index (χ3v) is 4.23. The summed E-state index contributed by atoms with van der Waals surface area (Å²) in [5.74, 6) is -0.430. The molecule has 0 radical (unpaired) electrons. The Labute approximate surface area is 170 Å². The minimum Gasteiger partial charge on any atom is -0.383 e. The normalized spacial score (nSPS) is 10.5. The van der Waals surface area contributed by atoms with Crippen LogP contribution in [0.3, 0.4) is 0 Å². The molecule has 0 aliphatic heterocycles. The molecule has 28 heavy (non-hydrogen) atoms. The van der Waals surface area contributed by atoms with Crippen molar-refractivity contribution < 1.29 is 19.1 Å². The van der Waals surface area contributed by atoms with Crippen molar-refractivity contribution in [3.63, 3.8) is 0 Å². The van der Waals surface area contributed by atoms with Crippen LogP contribution in [0.5, 0.6) is 0 Å². The van der Waals surface area contributed by atoms with Gasteiger partial charge in [-0.15, -0.1) is 0 Å². The van der Waals surface area contributed by atoms with Crippen molar-refractivity contribution in [2.24, 2.45) is 0 Å². The molecule has 0 saturated carbocycles. The molecular formula is C21H25ClN2O4. The molecule has 0 saturated heterocycles. The average Bonchev–Trinajstić information content (AvgIpc) is 2.70. The van der Waals surface area contributed by atoms with E-state index in [9.17, 15) is 9.59 Å². The van der Waals surface area contributed by atoms with E-state index in [-0.39, 0.29) is 11.8 Å². The summed E-state index contributed by atoms with van der Waals surface area (Å²) in [4.78, 5) is 24.2. The summed E-state index contributed by atoms with van der Waals surface area (Å²) in [5, 5.41) is 5.85. The number of methoxy groups -OCH3 is 1. The van der Waals surface area contributed by atoms with Crippen LogP contribution in [0, 0.1) is 0 Å². The van der Waals surface area contributed by atoms with Crippen molar-refractivity contribution in [3.05, 3.63) is 64.7 Å². The van der Waals surface area contributed by atoms with E-state index >= 15 is 0 Å². The van der Waals surface area contributed by atoms with Gasteiger partial charge in [0.15, 0.2) is 0 Å². The number of benzene rings is 2. The predicted octanol–water partition coefficient (Wildman–Crippen LogP) is 3.65. The number of nitrogens with one attached hydrogen (secondary N) is 2. The third-order valence-electron chi connectivity index (χ3n) is 3.90. The van der Waals surface area contributed by atoms with Crippen LogP contribution in [-0.2, 0) is 20.9 Å². The summed E-state index contributed by atoms with van der Waals surface area (Å²) in [5.41, 5.74) is 1.93. The smallest absolute Gasteiger partial charge is 0.251 e. The second-order valence-electron chi connectivity index (χ2n) is 6.13. The predicted molar refractivity (Wildman–Crippen MR) is 110 cm³/mol. The molecule has 0 aliphatic carbocycles. The molecule has 6 nitrogen and oxygen atoms in total. The monoisotopic (exact) mass is 404 g/mol. The lowest BCUT2D eigenvalue weighted by atomic mass is 10.1. The standard InChI is InChI=1S/C21H25ClN2O4/c1-27-13-11-23-21(26)17-9-10-18(22)19(14-17)24-20(25)8-5-12-28-15-16-6-3-2-4-7-16/h2-4,6-7,9-10,14H,5,8,11-13,15H2,1H3,(H,23,26)(H,24,25). The Kier molecular flexibility index (Phi) is 9.48. The number of rotatable bonds is 11. The van der Waals surface area contributed by atoms with Gasteiger partial charge in [-0.05, 0) is 30.2 Å². The van der Waals surface area contributed by atoms with Gasteiger partial charge in [-0.1, -0.05) is 41.9 Å². The average molecular weight is 405 g/mol. The molecule has 150 valence electrons. The first-order chi connectivity index (χ1) is 13.6. The Bertz CT molecular complexity index is 768. The van der Waals surface area contributed by atoms with Gasteiger partial charge in [-0.25, -0.2) is 0 Å². The number of amides is 2. The van der Waals surface area contributed by atoms with E-state index in [1.807, 2.05) is 30.3 Å². The van der Waals surface area contributed by atoms with Crippen LogP contribution in [0.1, 0.15) is 28.8 Å². The van der Waals surface area contributed by atoms with Crippen LogP contribution in [0.15, 0.2) is 48.5 Å². The number of carbonyl (C=O) groups excluding carboxylic acids is 2. The number of halogens is 1. The Balaban J connectivity index is 1.76. The van der Waals surface area contributed by atoms with Gasteiger partial charge in [0.2, 0.25) is 5.91 Å². The highest BCUT2D eigenvalue weighted by Gasteiger charge is 2.11. The zero-order valence-electron chi connectivity index (χ0n) is 15.9. The highest BCUT2D eigenvalue weighted by Crippen LogP contribution is 2.23. The third kappa shape index (κ3) is 7.68. The molecule has 0 fully saturated rings. The molecule has 0 unspecified atom stereocenters. The van der Waals surface area contributed by atoms with Gasteiger partial charge in [0.25, 0.3) is 5.91 Å². The van der Waals surface area contributed by atoms with Crippen LogP contribution in [0.2, 0.25) is 5.02 Å². The van der Waals surface area contributed by atoms with E-state index in [2.05, 4.69) is 10.6 Å². The van der Waals surface area contributed by atoms with Crippen molar-refractivity contribution in [3.8, 4) is 0 Å². The second-order valence-corrected chi connectivity index (χ2v) is 6.54. The molecule has 0 heterocycles. The Morgan fingerprint density at radius 1 is 1.07 bits per heavy atom. The molecule has 0 spiro atoms. The van der Waals surface area contributed by atoms with E-state index < -0.39 is 0 Å². The molecule has 2 amide bonds. The van der Waals surface area contributed by atoms with Gasteiger partial charge in [-0.3, -0.25) is 9.59 Å². The minimum absolute atomic E-state index is 0.179. The van der Waals surface area contributed by atoms with Crippen LogP contribution >= 0.6 is 11.6 Å². The van der Waals surface area contributed by atoms with E-state index in [0.717, 1.165) is 5.56 Å². The molecule has 0 aliphatic rings. The summed E-state index contributed by atoms with van der Waals surface area (Å²) in [6, 6.07) is 14.6. The Morgan fingerprint density at radius 3 is 2.61 bits per heavy atom. The van der Waals surface area contributed by atoms with Crippen molar-refractivity contribution in [2.45, 2.75) is 19.4 Å². The second kappa shape index (κ2) is 12.1. The zero-order chi connectivity index (χ0) is 20.2. The van der Waals surface area contributed by atoms with Gasteiger partial charge in [0.1, 0.15) is 0 Å². The van der Waals surface area contributed by atoms with Crippen molar-refractivity contribution in [1.82, 2.24) is 5.32 Å². The SMILES string of the molecule is COCCNC(=O)c1ccc(Cl)c(NC(=O)CCCOCc2ccccc2)c1. The van der Waals surface area contributed by atoms with E-state index in [1.165, 1.54) is 0 Å². The quantitative estimate of drug-likeness (QED) is 0.560. The van der Waals surface area contributed by atoms with Crippen LogP contribution in [0.25, 0.3) is 0 Å². The fourth-order valence-corrected chi connectivity index (χ4v) is 2.61. The molecular weight excluding hydrogens is 380 g/mol. The lowest BCUT2D eigenvalue weighted by Crippen LogP contribution is -2.27. The molecule has 2 aromatic rings. The Hall–Kier alpha value is -2.41. The summed E-state index contributed by atoms with van der Waals surface area (Å²) in [7, 11) is 1.56. The highest BCUT2D eigenvalue weighted by molar-refractivity contribution is 6.33. The molecule has 2 aromatic carbocycles. The van der Waals surface area contributed by atoms with Crippen LogP contribution in [0.4, 0.5) is 5.69 Å². The van der Waals surface area contributed by atoms with E-state index in [4.69, 9.17) is 21.1 Å². The minimum atomic E-state index is -0.251. The number of hydrogen-bond donors (Lipinski definition) is 2. The molecule has 0 atom stereocenters. The maximum Gasteiger partial charge on any atom is 0.251 e. The number of ether oxygens (including phenoxy) is 2. The molecule has 2 N–H and O–H groups in total. The number of carbonyl (C=O) groups is 2. The van der Waals surface area contributed by atoms with Crippen LogP contribution in [-0.4, -0.2) is 38.7 Å². The zero-order valence-corrected chi connectivity index (χ0v) is 16.6. The summed E-state index contributed by atoms with van der Waals surface area (Å²) in [6.45, 7) is 1.84. The summed E-state index contributed by atoms with van der Waals surface area (Å²) in [6.07, 6.45) is 0.892. The first kappa shape index (κ1) is 21.9. The highest BCUT2D eigenvalue weighted by atomic mass is 35.5. The van der Waals surface area contributed by atoms with Gasteiger partial charge >= 0.3 is 0 Å². The van der Waals surface area contributed by atoms with Gasteiger partial charge < -0.3 is 20.1 Å². The van der Waals surface area contributed by atoms with E-state index in [1.54, 1.807) is 25.3 Å². The fraction of sp³-hybridized carbons (Fsp3) is 0.333. The summed E-state index contributed by atoms with van der Waals surface area (Å²) >= 11 is 6.13. The summed E-state index contributed by atoms with van der Waals surface area (Å²) < 4.78 is 10.5. The molecule has 2 rings (SSSR count). The molecule has 7 heteroatoms. The largest absolute Gasteiger partial charge is 0.383 e. The van der Waals surface area contributed by atoms with Gasteiger partial charge in [-0.2, -0.15) is 0 Å². The fourth-order valence-electron chi connectivity index (χ4n) is 2.44. The first-order valence-corrected chi connectivity index (χ1v) is 9.46. The van der Waals surface area contributed by atoms with Crippen LogP contribution < -0.4 is 10.6 Å². The maximum atomic E-state index is 12.1. The van der Waals surface area contributed by atoms with Gasteiger partial charge in [0, 0.05) is 32.2 Å². The number of anilines is 1. The molecule has 0 bridgehead atoms. The van der Waals surface area contributed by atoms with Crippen molar-refractivity contribution in [1.29, 1.82) is 0 Å². The molecule has 0 aromatic heterocycles. The Morgan fingerprint density at radius 2 is 1.86 bits per heavy atom. The van der Waals surface area contributed by atoms with Gasteiger partial charge in [0.05, 0.1) is 23.9 Å².